The highest BCUT2D eigenvalue weighted by Gasteiger charge is 2.28. The number of nitrogens with zero attached hydrogens (tertiary/aromatic N) is 1. The quantitative estimate of drug-likeness (QED) is 0.807. The summed E-state index contributed by atoms with van der Waals surface area (Å²) in [6.07, 6.45) is 0.664. The maximum Gasteiger partial charge on any atom is 0.355 e. The van der Waals surface area contributed by atoms with Crippen LogP contribution in [0.2, 0.25) is 0 Å². The molecule has 0 bridgehead atoms. The molecule has 8 heteroatoms. The van der Waals surface area contributed by atoms with Gasteiger partial charge in [0.1, 0.15) is 5.69 Å². The Morgan fingerprint density at radius 2 is 1.88 bits per heavy atom. The maximum absolute atomic E-state index is 12.2. The summed E-state index contributed by atoms with van der Waals surface area (Å²) in [5, 5.41) is 0. The standard InChI is InChI=1S/C17H22N2O6/c1-9(2)25-16(22)14-10(3)15(18-11(14)4)17(23)24-8-13(21)19-7-5-6-12(19)20/h9,18H,5-8H2,1-4H3. The van der Waals surface area contributed by atoms with E-state index in [1.54, 1.807) is 27.7 Å². The van der Waals surface area contributed by atoms with E-state index < -0.39 is 24.5 Å². The minimum atomic E-state index is -0.760. The summed E-state index contributed by atoms with van der Waals surface area (Å²) in [6.45, 7) is 6.54. The zero-order valence-electron chi connectivity index (χ0n) is 14.8. The van der Waals surface area contributed by atoms with Crippen LogP contribution in [0.25, 0.3) is 0 Å². The number of likely N-dealkylation sites (tertiary alicyclic amines) is 1. The second-order valence-corrected chi connectivity index (χ2v) is 6.20. The van der Waals surface area contributed by atoms with E-state index in [0.29, 0.717) is 30.6 Å². The van der Waals surface area contributed by atoms with Gasteiger partial charge in [0.25, 0.3) is 5.91 Å². The van der Waals surface area contributed by atoms with Crippen molar-refractivity contribution < 1.29 is 28.7 Å². The van der Waals surface area contributed by atoms with Crippen LogP contribution >= 0.6 is 0 Å². The third kappa shape index (κ3) is 4.07. The van der Waals surface area contributed by atoms with Crippen LogP contribution in [-0.2, 0) is 19.1 Å². The van der Waals surface area contributed by atoms with E-state index in [2.05, 4.69) is 4.98 Å². The van der Waals surface area contributed by atoms with Crippen LogP contribution < -0.4 is 0 Å². The zero-order valence-corrected chi connectivity index (χ0v) is 14.8. The van der Waals surface area contributed by atoms with Gasteiger partial charge in [0, 0.05) is 18.7 Å². The average molecular weight is 350 g/mol. The first-order valence-electron chi connectivity index (χ1n) is 8.12. The lowest BCUT2D eigenvalue weighted by Crippen LogP contribution is -2.35. The lowest BCUT2D eigenvalue weighted by Gasteiger charge is -2.13. The van der Waals surface area contributed by atoms with Crippen molar-refractivity contribution in [3.8, 4) is 0 Å². The van der Waals surface area contributed by atoms with Gasteiger partial charge in [-0.25, -0.2) is 9.59 Å². The molecule has 2 rings (SSSR count). The predicted molar refractivity (Wildman–Crippen MR) is 87.1 cm³/mol. The Hall–Kier alpha value is -2.64. The van der Waals surface area contributed by atoms with Crippen molar-refractivity contribution in [3.05, 3.63) is 22.5 Å². The molecule has 136 valence electrons. The van der Waals surface area contributed by atoms with E-state index in [1.807, 2.05) is 0 Å². The molecule has 0 aromatic carbocycles. The molecule has 0 saturated carbocycles. The fourth-order valence-electron chi connectivity index (χ4n) is 2.72. The van der Waals surface area contributed by atoms with E-state index >= 15 is 0 Å². The van der Waals surface area contributed by atoms with Crippen molar-refractivity contribution in [2.75, 3.05) is 13.2 Å². The summed E-state index contributed by atoms with van der Waals surface area (Å²) in [7, 11) is 0. The molecule has 2 heterocycles. The smallest absolute Gasteiger partial charge is 0.355 e. The van der Waals surface area contributed by atoms with E-state index in [-0.39, 0.29) is 23.3 Å². The Kier molecular flexibility index (Phi) is 5.61. The van der Waals surface area contributed by atoms with Gasteiger partial charge in [-0.2, -0.15) is 0 Å². The summed E-state index contributed by atoms with van der Waals surface area (Å²) in [6, 6.07) is 0. The minimum Gasteiger partial charge on any atom is -0.459 e. The highest BCUT2D eigenvalue weighted by molar-refractivity contribution is 6.00. The highest BCUT2D eigenvalue weighted by atomic mass is 16.5. The second kappa shape index (κ2) is 7.50. The van der Waals surface area contributed by atoms with Crippen molar-refractivity contribution in [2.24, 2.45) is 0 Å². The van der Waals surface area contributed by atoms with Gasteiger partial charge in [-0.15, -0.1) is 0 Å². The zero-order chi connectivity index (χ0) is 18.7. The van der Waals surface area contributed by atoms with Gasteiger partial charge in [-0.1, -0.05) is 0 Å². The molecule has 1 aliphatic heterocycles. The Bertz CT molecular complexity index is 719. The number of carbonyl (C=O) groups excluding carboxylic acids is 4. The average Bonchev–Trinajstić information content (AvgIpc) is 3.07. The number of aromatic amines is 1. The molecule has 8 nitrogen and oxygen atoms in total. The number of amides is 2. The first-order valence-corrected chi connectivity index (χ1v) is 8.12. The van der Waals surface area contributed by atoms with Crippen molar-refractivity contribution in [1.29, 1.82) is 0 Å². The molecule has 1 fully saturated rings. The number of H-pyrrole nitrogens is 1. The lowest BCUT2D eigenvalue weighted by atomic mass is 10.1. The van der Waals surface area contributed by atoms with Crippen LogP contribution in [0.5, 0.6) is 0 Å². The molecule has 1 saturated heterocycles. The first kappa shape index (κ1) is 18.7. The number of nitrogens with one attached hydrogen (secondary N) is 1. The Balaban J connectivity index is 2.06. The van der Waals surface area contributed by atoms with Crippen LogP contribution in [0, 0.1) is 13.8 Å². The molecule has 0 radical (unpaired) electrons. The van der Waals surface area contributed by atoms with Gasteiger partial charge in [0.05, 0.1) is 11.7 Å². The van der Waals surface area contributed by atoms with E-state index in [1.165, 1.54) is 0 Å². The summed E-state index contributed by atoms with van der Waals surface area (Å²) in [5.74, 6) is -2.09. The number of carbonyl (C=O) groups is 4. The molecule has 25 heavy (non-hydrogen) atoms. The molecule has 2 amide bonds. The van der Waals surface area contributed by atoms with Crippen LogP contribution in [0.15, 0.2) is 0 Å². The summed E-state index contributed by atoms with van der Waals surface area (Å²) in [5.41, 5.74) is 1.25. The van der Waals surface area contributed by atoms with Crippen LogP contribution in [0.3, 0.4) is 0 Å². The van der Waals surface area contributed by atoms with Crippen LogP contribution in [-0.4, -0.2) is 52.9 Å². The Labute approximate surface area is 145 Å². The number of esters is 2. The number of ether oxygens (including phenoxy) is 2. The number of aromatic nitrogens is 1. The van der Waals surface area contributed by atoms with Gasteiger partial charge in [-0.3, -0.25) is 14.5 Å². The van der Waals surface area contributed by atoms with Crippen molar-refractivity contribution in [1.82, 2.24) is 9.88 Å². The molecule has 1 N–H and O–H groups in total. The van der Waals surface area contributed by atoms with Gasteiger partial charge in [0.2, 0.25) is 5.91 Å². The summed E-state index contributed by atoms with van der Waals surface area (Å²) in [4.78, 5) is 51.6. The van der Waals surface area contributed by atoms with Gasteiger partial charge in [-0.05, 0) is 39.7 Å². The summed E-state index contributed by atoms with van der Waals surface area (Å²) < 4.78 is 10.2. The molecular weight excluding hydrogens is 328 g/mol. The third-order valence-electron chi connectivity index (χ3n) is 3.89. The maximum atomic E-state index is 12.2. The van der Waals surface area contributed by atoms with E-state index in [9.17, 15) is 19.2 Å². The van der Waals surface area contributed by atoms with Crippen LogP contribution in [0.4, 0.5) is 0 Å². The number of aryl methyl sites for hydroxylation is 1. The molecule has 1 aromatic heterocycles. The predicted octanol–water partition coefficient (Wildman–Crippen LogP) is 1.50. The fourth-order valence-corrected chi connectivity index (χ4v) is 2.72. The third-order valence-corrected chi connectivity index (χ3v) is 3.89. The Morgan fingerprint density at radius 3 is 2.44 bits per heavy atom. The normalized spacial score (nSPS) is 14.1. The van der Waals surface area contributed by atoms with Gasteiger partial charge < -0.3 is 14.5 Å². The number of hydrogen-bond donors (Lipinski definition) is 1. The Morgan fingerprint density at radius 1 is 1.20 bits per heavy atom. The molecule has 0 aliphatic carbocycles. The van der Waals surface area contributed by atoms with Crippen molar-refractivity contribution >= 4 is 23.8 Å². The largest absolute Gasteiger partial charge is 0.459 e. The molecular formula is C17H22N2O6. The van der Waals surface area contributed by atoms with Crippen molar-refractivity contribution in [3.63, 3.8) is 0 Å². The first-order chi connectivity index (χ1) is 11.7. The van der Waals surface area contributed by atoms with Crippen molar-refractivity contribution in [2.45, 2.75) is 46.6 Å². The van der Waals surface area contributed by atoms with E-state index in [0.717, 1.165) is 4.90 Å². The topological polar surface area (TPSA) is 106 Å². The molecule has 1 aromatic rings. The molecule has 0 unspecified atom stereocenters. The highest BCUT2D eigenvalue weighted by Crippen LogP contribution is 2.20. The number of rotatable bonds is 5. The minimum absolute atomic E-state index is 0.0914. The molecule has 0 spiro atoms. The number of imide groups is 1. The van der Waals surface area contributed by atoms with Gasteiger partial charge >= 0.3 is 11.9 Å². The van der Waals surface area contributed by atoms with Crippen LogP contribution in [0.1, 0.15) is 58.8 Å². The fraction of sp³-hybridized carbons (Fsp3) is 0.529. The number of hydrogen-bond acceptors (Lipinski definition) is 6. The van der Waals surface area contributed by atoms with Gasteiger partial charge in [0.15, 0.2) is 6.61 Å². The lowest BCUT2D eigenvalue weighted by molar-refractivity contribution is -0.143. The molecule has 1 aliphatic rings. The monoisotopic (exact) mass is 350 g/mol. The van der Waals surface area contributed by atoms with E-state index in [4.69, 9.17) is 9.47 Å². The SMILES string of the molecule is Cc1[nH]c(C(=O)OCC(=O)N2CCCC2=O)c(C)c1C(=O)OC(C)C. The summed E-state index contributed by atoms with van der Waals surface area (Å²) >= 11 is 0. The second-order valence-electron chi connectivity index (χ2n) is 6.20. The molecule has 0 atom stereocenters.